The van der Waals surface area contributed by atoms with Crippen LogP contribution in [0.1, 0.15) is 56.2 Å². The summed E-state index contributed by atoms with van der Waals surface area (Å²) in [5.74, 6) is 2.48. The summed E-state index contributed by atoms with van der Waals surface area (Å²) in [5, 5.41) is 14.2. The van der Waals surface area contributed by atoms with E-state index in [9.17, 15) is 5.11 Å². The van der Waals surface area contributed by atoms with Gasteiger partial charge in [-0.15, -0.1) is 17.5 Å². The van der Waals surface area contributed by atoms with E-state index >= 15 is 0 Å². The summed E-state index contributed by atoms with van der Waals surface area (Å²) in [6, 6.07) is 25.7. The van der Waals surface area contributed by atoms with E-state index in [4.69, 9.17) is 9.72 Å². The van der Waals surface area contributed by atoms with Crippen molar-refractivity contribution in [1.82, 2.24) is 14.5 Å². The molecule has 0 bridgehead atoms. The quantitative estimate of drug-likeness (QED) is 0.184. The summed E-state index contributed by atoms with van der Waals surface area (Å²) in [5.41, 5.74) is 5.77. The molecule has 0 aliphatic heterocycles. The molecule has 3 heterocycles. The number of benzene rings is 3. The molecule has 0 spiro atoms. The van der Waals surface area contributed by atoms with Crippen molar-refractivity contribution in [2.75, 3.05) is 0 Å². The van der Waals surface area contributed by atoms with Crippen molar-refractivity contribution >= 4 is 32.7 Å². The number of hydrogen-bond acceptors (Lipinski definition) is 4. The molecule has 3 aromatic heterocycles. The van der Waals surface area contributed by atoms with Crippen molar-refractivity contribution in [3.63, 3.8) is 0 Å². The van der Waals surface area contributed by atoms with Crippen molar-refractivity contribution in [3.8, 4) is 23.2 Å². The number of phenolic OH excluding ortho intramolecular Hbond substituents is 1. The van der Waals surface area contributed by atoms with Crippen LogP contribution in [0.5, 0.6) is 17.4 Å². The van der Waals surface area contributed by atoms with Crippen LogP contribution in [-0.2, 0) is 21.1 Å². The standard InChI is InChI=1S/C33H30N3O2.Pt/c1-19(2)26-18-27(20(3)4)33(37)32-25(26)13-14-31(35-32)38-22-10-12-24-23-11-9-21(5)16-28(23)36(29(24)17-22)30-8-6-7-15-34-30;/h6-16,18-20,37H,1-5H3;/q-1;. The maximum atomic E-state index is 11.1. The van der Waals surface area contributed by atoms with Crippen LogP contribution in [0.25, 0.3) is 38.5 Å². The zero-order valence-corrected chi connectivity index (χ0v) is 24.9. The number of phenols is 1. The molecule has 3 aromatic carbocycles. The number of ether oxygens (including phenoxy) is 1. The predicted molar refractivity (Wildman–Crippen MR) is 154 cm³/mol. The van der Waals surface area contributed by atoms with E-state index in [1.165, 1.54) is 11.1 Å². The summed E-state index contributed by atoms with van der Waals surface area (Å²) < 4.78 is 8.37. The number of rotatable bonds is 5. The molecule has 0 aliphatic rings. The zero-order valence-electron chi connectivity index (χ0n) is 22.6. The SMILES string of the molecule is Cc1ccc2c3ccc(Oc4ccc5c(C(C)C)cc(C(C)C)c(O)c5n4)[c-]c3n(-c3ccccn3)c2c1.[Pt]. The summed E-state index contributed by atoms with van der Waals surface area (Å²) in [4.78, 5) is 9.38. The Kier molecular flexibility index (Phi) is 7.22. The molecule has 0 aliphatic carbocycles. The van der Waals surface area contributed by atoms with E-state index in [1.54, 1.807) is 6.20 Å². The predicted octanol–water partition coefficient (Wildman–Crippen LogP) is 8.58. The van der Waals surface area contributed by atoms with Crippen LogP contribution in [0.4, 0.5) is 0 Å². The molecule has 0 amide bonds. The monoisotopic (exact) mass is 695 g/mol. The number of aromatic nitrogens is 3. The van der Waals surface area contributed by atoms with Gasteiger partial charge < -0.3 is 14.4 Å². The molecule has 0 fully saturated rings. The number of pyridine rings is 2. The topological polar surface area (TPSA) is 60.2 Å². The molecule has 39 heavy (non-hydrogen) atoms. The first-order valence-electron chi connectivity index (χ1n) is 13.0. The summed E-state index contributed by atoms with van der Waals surface area (Å²) >= 11 is 0. The van der Waals surface area contributed by atoms with Gasteiger partial charge in [0.1, 0.15) is 17.1 Å². The van der Waals surface area contributed by atoms with Gasteiger partial charge in [0.25, 0.3) is 0 Å². The minimum atomic E-state index is 0. The van der Waals surface area contributed by atoms with Gasteiger partial charge in [-0.2, -0.15) is 6.07 Å². The maximum absolute atomic E-state index is 11.1. The minimum Gasteiger partial charge on any atom is -0.505 e. The van der Waals surface area contributed by atoms with Crippen molar-refractivity contribution in [2.24, 2.45) is 0 Å². The Morgan fingerprint density at radius 3 is 2.31 bits per heavy atom. The molecule has 1 N–H and O–H groups in total. The number of aryl methyl sites for hydroxylation is 1. The van der Waals surface area contributed by atoms with E-state index in [0.29, 0.717) is 23.1 Å². The van der Waals surface area contributed by atoms with Gasteiger partial charge in [0.05, 0.1) is 0 Å². The van der Waals surface area contributed by atoms with Gasteiger partial charge in [0.15, 0.2) is 0 Å². The maximum Gasteiger partial charge on any atom is 0.217 e. The molecule has 0 atom stereocenters. The Bertz CT molecular complexity index is 1820. The molecule has 0 saturated carbocycles. The number of aromatic hydroxyl groups is 1. The second kappa shape index (κ2) is 10.5. The van der Waals surface area contributed by atoms with E-state index in [1.807, 2.05) is 36.4 Å². The normalized spacial score (nSPS) is 11.6. The number of nitrogens with zero attached hydrogens (tertiary/aromatic N) is 3. The van der Waals surface area contributed by atoms with Gasteiger partial charge in [-0.1, -0.05) is 57.5 Å². The molecular weight excluding hydrogens is 665 g/mol. The van der Waals surface area contributed by atoms with Crippen molar-refractivity contribution < 1.29 is 30.9 Å². The number of fused-ring (bicyclic) bond motifs is 4. The molecule has 0 unspecified atom stereocenters. The fraction of sp³-hybridized carbons (Fsp3) is 0.212. The van der Waals surface area contributed by atoms with Crippen LogP contribution in [0.15, 0.2) is 72.9 Å². The molecule has 6 aromatic rings. The van der Waals surface area contributed by atoms with Crippen molar-refractivity contribution in [2.45, 2.75) is 46.5 Å². The van der Waals surface area contributed by atoms with Gasteiger partial charge in [-0.3, -0.25) is 0 Å². The van der Waals surface area contributed by atoms with Gasteiger partial charge in [0, 0.05) is 50.0 Å². The minimum absolute atomic E-state index is 0. The number of hydrogen-bond donors (Lipinski definition) is 1. The molecule has 0 saturated heterocycles. The fourth-order valence-corrected chi connectivity index (χ4v) is 5.21. The third-order valence-electron chi connectivity index (χ3n) is 7.13. The van der Waals surface area contributed by atoms with Gasteiger partial charge in [-0.25, -0.2) is 9.97 Å². The Morgan fingerprint density at radius 2 is 1.59 bits per heavy atom. The third-order valence-corrected chi connectivity index (χ3v) is 7.13. The average Bonchev–Trinajstić information content (AvgIpc) is 3.21. The fourth-order valence-electron chi connectivity index (χ4n) is 5.21. The first-order chi connectivity index (χ1) is 18.3. The van der Waals surface area contributed by atoms with E-state index in [2.05, 4.69) is 80.6 Å². The summed E-state index contributed by atoms with van der Waals surface area (Å²) in [7, 11) is 0. The Labute approximate surface area is 242 Å². The van der Waals surface area contributed by atoms with Crippen LogP contribution in [-0.4, -0.2) is 19.6 Å². The van der Waals surface area contributed by atoms with Crippen LogP contribution in [0, 0.1) is 13.0 Å². The van der Waals surface area contributed by atoms with Crippen LogP contribution < -0.4 is 4.74 Å². The van der Waals surface area contributed by atoms with Gasteiger partial charge >= 0.3 is 0 Å². The zero-order chi connectivity index (χ0) is 26.6. The van der Waals surface area contributed by atoms with E-state index in [-0.39, 0.29) is 32.7 Å². The van der Waals surface area contributed by atoms with Gasteiger partial charge in [0.2, 0.25) is 5.88 Å². The first-order valence-corrected chi connectivity index (χ1v) is 13.0. The third kappa shape index (κ3) is 4.70. The average molecular weight is 696 g/mol. The summed E-state index contributed by atoms with van der Waals surface area (Å²) in [6.45, 7) is 10.6. The molecule has 6 heteroatoms. The Balaban J connectivity index is 0.00000308. The summed E-state index contributed by atoms with van der Waals surface area (Å²) in [6.07, 6.45) is 1.80. The second-order valence-corrected chi connectivity index (χ2v) is 10.5. The second-order valence-electron chi connectivity index (χ2n) is 10.5. The van der Waals surface area contributed by atoms with Crippen LogP contribution in [0.2, 0.25) is 0 Å². The van der Waals surface area contributed by atoms with Crippen molar-refractivity contribution in [1.29, 1.82) is 0 Å². The van der Waals surface area contributed by atoms with Crippen LogP contribution in [0.3, 0.4) is 0 Å². The molecular formula is C33H30N3O2Pt-. The Morgan fingerprint density at radius 1 is 0.846 bits per heavy atom. The largest absolute Gasteiger partial charge is 0.505 e. The first kappa shape index (κ1) is 26.9. The Hall–Kier alpha value is -3.69. The van der Waals surface area contributed by atoms with Crippen molar-refractivity contribution in [3.05, 3.63) is 95.7 Å². The molecule has 5 nitrogen and oxygen atoms in total. The molecule has 6 rings (SSSR count). The van der Waals surface area contributed by atoms with E-state index < -0.39 is 0 Å². The van der Waals surface area contributed by atoms with Gasteiger partial charge in [-0.05, 0) is 65.1 Å². The van der Waals surface area contributed by atoms with E-state index in [0.717, 1.165) is 38.6 Å². The molecule has 200 valence electrons. The molecule has 0 radical (unpaired) electrons. The van der Waals surface area contributed by atoms with Crippen LogP contribution >= 0.6 is 0 Å². The smallest absolute Gasteiger partial charge is 0.217 e.